The number of nitrogens with zero attached hydrogens (tertiary/aromatic N) is 1. The Morgan fingerprint density at radius 2 is 1.73 bits per heavy atom. The van der Waals surface area contributed by atoms with Gasteiger partial charge in [0.25, 0.3) is 0 Å². The summed E-state index contributed by atoms with van der Waals surface area (Å²) in [7, 11) is -0.306. The zero-order valence-electron chi connectivity index (χ0n) is 19.5. The van der Waals surface area contributed by atoms with E-state index in [4.69, 9.17) is 14.0 Å². The summed E-state index contributed by atoms with van der Waals surface area (Å²) in [5.74, 6) is 0. The van der Waals surface area contributed by atoms with Gasteiger partial charge in [-0.25, -0.2) is 4.79 Å². The van der Waals surface area contributed by atoms with E-state index in [1.54, 1.807) is 0 Å². The van der Waals surface area contributed by atoms with Crippen molar-refractivity contribution in [3.8, 4) is 0 Å². The molecule has 2 aliphatic rings. The Bertz CT molecular complexity index is 766. The first-order chi connectivity index (χ1) is 13.9. The van der Waals surface area contributed by atoms with E-state index in [0.717, 1.165) is 24.8 Å². The third-order valence-electron chi connectivity index (χ3n) is 6.24. The van der Waals surface area contributed by atoms with E-state index < -0.39 is 5.60 Å². The SMILES string of the molecule is CC(C)(C)OC(=O)N(Cc1ccccc1)[C@@H]1CC=C(B2OC(C)(C)C(C)(C)O2)CC1. The molecule has 5 nitrogen and oxygen atoms in total. The number of benzene rings is 1. The lowest BCUT2D eigenvalue weighted by Gasteiger charge is -2.35. The van der Waals surface area contributed by atoms with Crippen LogP contribution in [0.4, 0.5) is 4.79 Å². The molecule has 164 valence electrons. The van der Waals surface area contributed by atoms with E-state index in [9.17, 15) is 4.79 Å². The molecule has 1 fully saturated rings. The largest absolute Gasteiger partial charge is 0.490 e. The monoisotopic (exact) mass is 413 g/mol. The van der Waals surface area contributed by atoms with E-state index in [-0.39, 0.29) is 30.5 Å². The highest BCUT2D eigenvalue weighted by Gasteiger charge is 2.52. The molecule has 1 aromatic carbocycles. The molecule has 1 heterocycles. The quantitative estimate of drug-likeness (QED) is 0.609. The van der Waals surface area contributed by atoms with Crippen LogP contribution in [-0.4, -0.2) is 41.0 Å². The fourth-order valence-electron chi connectivity index (χ4n) is 3.78. The highest BCUT2D eigenvalue weighted by atomic mass is 16.7. The molecular formula is C24H36BNO4. The van der Waals surface area contributed by atoms with E-state index in [0.29, 0.717) is 6.54 Å². The molecule has 1 atom stereocenters. The van der Waals surface area contributed by atoms with Gasteiger partial charge in [-0.3, -0.25) is 0 Å². The number of amides is 1. The van der Waals surface area contributed by atoms with Crippen molar-refractivity contribution in [2.75, 3.05) is 0 Å². The summed E-state index contributed by atoms with van der Waals surface area (Å²) >= 11 is 0. The van der Waals surface area contributed by atoms with Crippen molar-refractivity contribution in [1.82, 2.24) is 4.90 Å². The van der Waals surface area contributed by atoms with Crippen LogP contribution in [0, 0.1) is 0 Å². The van der Waals surface area contributed by atoms with Crippen LogP contribution in [0.2, 0.25) is 0 Å². The average Bonchev–Trinajstić information content (AvgIpc) is 2.87. The minimum Gasteiger partial charge on any atom is -0.444 e. The van der Waals surface area contributed by atoms with Gasteiger partial charge in [-0.1, -0.05) is 36.4 Å². The molecule has 1 saturated heterocycles. The van der Waals surface area contributed by atoms with Crippen LogP contribution in [-0.2, 0) is 20.6 Å². The van der Waals surface area contributed by atoms with Crippen LogP contribution < -0.4 is 0 Å². The zero-order chi connectivity index (χ0) is 22.2. The van der Waals surface area contributed by atoms with Gasteiger partial charge in [0.1, 0.15) is 5.60 Å². The van der Waals surface area contributed by atoms with E-state index in [2.05, 4.69) is 33.8 Å². The Morgan fingerprint density at radius 3 is 2.23 bits per heavy atom. The predicted octanol–water partition coefficient (Wildman–Crippen LogP) is 5.53. The van der Waals surface area contributed by atoms with Gasteiger partial charge >= 0.3 is 13.2 Å². The van der Waals surface area contributed by atoms with Crippen molar-refractivity contribution < 1.29 is 18.8 Å². The van der Waals surface area contributed by atoms with E-state index >= 15 is 0 Å². The molecular weight excluding hydrogens is 377 g/mol. The summed E-state index contributed by atoms with van der Waals surface area (Å²) < 4.78 is 18.1. The molecule has 6 heteroatoms. The molecule has 0 bridgehead atoms. The summed E-state index contributed by atoms with van der Waals surface area (Å²) in [5, 5.41) is 0. The van der Waals surface area contributed by atoms with Gasteiger partial charge in [-0.2, -0.15) is 0 Å². The molecule has 0 unspecified atom stereocenters. The summed E-state index contributed by atoms with van der Waals surface area (Å²) in [4.78, 5) is 14.9. The first-order valence-corrected chi connectivity index (χ1v) is 11.0. The van der Waals surface area contributed by atoms with Crippen LogP contribution in [0.1, 0.15) is 73.3 Å². The van der Waals surface area contributed by atoms with Gasteiger partial charge < -0.3 is 18.9 Å². The smallest absolute Gasteiger partial charge is 0.444 e. The first kappa shape index (κ1) is 22.9. The lowest BCUT2D eigenvalue weighted by molar-refractivity contribution is 0.00578. The third kappa shape index (κ3) is 5.27. The van der Waals surface area contributed by atoms with Crippen molar-refractivity contribution in [3.05, 3.63) is 47.4 Å². The predicted molar refractivity (Wildman–Crippen MR) is 120 cm³/mol. The second kappa shape index (κ2) is 8.39. The van der Waals surface area contributed by atoms with Crippen LogP contribution >= 0.6 is 0 Å². The maximum absolute atomic E-state index is 13.0. The highest BCUT2D eigenvalue weighted by molar-refractivity contribution is 6.54. The molecule has 1 aliphatic carbocycles. The minimum absolute atomic E-state index is 0.0891. The molecule has 1 aromatic rings. The molecule has 3 rings (SSSR count). The Labute approximate surface area is 181 Å². The Balaban J connectivity index is 1.73. The standard InChI is InChI=1S/C24H36BNO4/c1-22(2,3)28-21(27)26(17-18-11-9-8-10-12-18)20-15-13-19(14-16-20)25-29-23(4,5)24(6,7)30-25/h8-13,20H,14-17H2,1-7H3/t20-/m1/s1. The van der Waals surface area contributed by atoms with Gasteiger partial charge in [-0.15, -0.1) is 0 Å². The first-order valence-electron chi connectivity index (χ1n) is 11.0. The van der Waals surface area contributed by atoms with Gasteiger partial charge in [0.05, 0.1) is 11.2 Å². The maximum atomic E-state index is 13.0. The van der Waals surface area contributed by atoms with Crippen molar-refractivity contribution in [2.45, 2.75) is 97.1 Å². The molecule has 0 radical (unpaired) electrons. The van der Waals surface area contributed by atoms with Gasteiger partial charge in [-0.05, 0) is 78.8 Å². The Hall–Kier alpha value is -1.79. The van der Waals surface area contributed by atoms with Crippen molar-refractivity contribution in [1.29, 1.82) is 0 Å². The number of hydrogen-bond donors (Lipinski definition) is 0. The topological polar surface area (TPSA) is 48.0 Å². The van der Waals surface area contributed by atoms with Crippen LogP contribution in [0.3, 0.4) is 0 Å². The van der Waals surface area contributed by atoms with Crippen LogP contribution in [0.15, 0.2) is 41.9 Å². The Kier molecular flexibility index (Phi) is 6.40. The van der Waals surface area contributed by atoms with Crippen LogP contribution in [0.25, 0.3) is 0 Å². The normalized spacial score (nSPS) is 23.1. The molecule has 1 aliphatic heterocycles. The molecule has 0 spiro atoms. The molecule has 1 amide bonds. The van der Waals surface area contributed by atoms with Gasteiger partial charge in [0.2, 0.25) is 0 Å². The van der Waals surface area contributed by atoms with E-state index in [1.807, 2.05) is 56.0 Å². The van der Waals surface area contributed by atoms with Crippen molar-refractivity contribution in [3.63, 3.8) is 0 Å². The Morgan fingerprint density at radius 1 is 1.13 bits per heavy atom. The molecule has 0 aromatic heterocycles. The molecule has 0 N–H and O–H groups in total. The van der Waals surface area contributed by atoms with Gasteiger partial charge in [0, 0.05) is 12.6 Å². The lowest BCUT2D eigenvalue weighted by atomic mass is 9.71. The van der Waals surface area contributed by atoms with Gasteiger partial charge in [0.15, 0.2) is 0 Å². The minimum atomic E-state index is -0.523. The number of carbonyl (C=O) groups excluding carboxylic acids is 1. The second-order valence-electron chi connectivity index (χ2n) is 10.4. The summed E-state index contributed by atoms with van der Waals surface area (Å²) in [5.41, 5.74) is 1.07. The average molecular weight is 413 g/mol. The fourth-order valence-corrected chi connectivity index (χ4v) is 3.78. The number of allylic oxidation sites excluding steroid dienone is 1. The third-order valence-corrected chi connectivity index (χ3v) is 6.24. The summed E-state index contributed by atoms with van der Waals surface area (Å²) in [6.45, 7) is 14.5. The number of carbonyl (C=O) groups is 1. The number of ether oxygens (including phenoxy) is 1. The zero-order valence-corrected chi connectivity index (χ0v) is 19.5. The molecule has 0 saturated carbocycles. The van der Waals surface area contributed by atoms with Crippen LogP contribution in [0.5, 0.6) is 0 Å². The summed E-state index contributed by atoms with van der Waals surface area (Å²) in [6, 6.07) is 10.2. The van der Waals surface area contributed by atoms with E-state index in [1.165, 1.54) is 5.47 Å². The fraction of sp³-hybridized carbons (Fsp3) is 0.625. The molecule has 30 heavy (non-hydrogen) atoms. The number of rotatable bonds is 4. The van der Waals surface area contributed by atoms with Crippen molar-refractivity contribution in [2.24, 2.45) is 0 Å². The summed E-state index contributed by atoms with van der Waals surface area (Å²) in [6.07, 6.45) is 4.41. The highest BCUT2D eigenvalue weighted by Crippen LogP contribution is 2.40. The lowest BCUT2D eigenvalue weighted by Crippen LogP contribution is -2.44. The maximum Gasteiger partial charge on any atom is 0.490 e. The number of hydrogen-bond acceptors (Lipinski definition) is 4. The second-order valence-corrected chi connectivity index (χ2v) is 10.4. The van der Waals surface area contributed by atoms with Crippen molar-refractivity contribution >= 4 is 13.2 Å².